The molecule has 0 fully saturated rings. The lowest BCUT2D eigenvalue weighted by Crippen LogP contribution is -1.91. The van der Waals surface area contributed by atoms with E-state index in [9.17, 15) is 0 Å². The summed E-state index contributed by atoms with van der Waals surface area (Å²) in [6.45, 7) is 0. The lowest BCUT2D eigenvalue weighted by Gasteiger charge is -2.00. The van der Waals surface area contributed by atoms with Crippen LogP contribution in [0.5, 0.6) is 0 Å². The second kappa shape index (κ2) is 4.39. The van der Waals surface area contributed by atoms with Crippen molar-refractivity contribution in [1.29, 1.82) is 5.26 Å². The summed E-state index contributed by atoms with van der Waals surface area (Å²) in [6, 6.07) is 15.6. The zero-order valence-electron chi connectivity index (χ0n) is 8.22. The molecule has 1 aromatic heterocycles. The number of benzene rings is 1. The molecule has 0 unspecified atom stereocenters. The molecular weight excluding hydrogens is 184 g/mol. The van der Waals surface area contributed by atoms with Crippen LogP contribution < -0.4 is 0 Å². The number of aromatic nitrogens is 1. The Morgan fingerprint density at radius 1 is 1.13 bits per heavy atom. The molecule has 0 saturated carbocycles. The minimum Gasteiger partial charge on any atom is -0.261 e. The van der Waals surface area contributed by atoms with Crippen LogP contribution in [0.15, 0.2) is 48.7 Å². The molecule has 1 aromatic carbocycles. The van der Waals surface area contributed by atoms with Gasteiger partial charge in [-0.15, -0.1) is 0 Å². The molecule has 0 amide bonds. The zero-order chi connectivity index (χ0) is 10.5. The highest BCUT2D eigenvalue weighted by atomic mass is 14.7. The average molecular weight is 194 g/mol. The van der Waals surface area contributed by atoms with E-state index in [0.29, 0.717) is 5.56 Å². The number of nitriles is 1. The van der Waals surface area contributed by atoms with Gasteiger partial charge < -0.3 is 0 Å². The van der Waals surface area contributed by atoms with E-state index in [4.69, 9.17) is 5.26 Å². The van der Waals surface area contributed by atoms with Crippen LogP contribution in [0.25, 0.3) is 0 Å². The Labute approximate surface area is 88.8 Å². The monoisotopic (exact) mass is 194 g/mol. The van der Waals surface area contributed by atoms with Crippen molar-refractivity contribution in [2.45, 2.75) is 6.42 Å². The summed E-state index contributed by atoms with van der Waals surface area (Å²) in [5.41, 5.74) is 2.84. The van der Waals surface area contributed by atoms with Gasteiger partial charge >= 0.3 is 0 Å². The first kappa shape index (κ1) is 9.42. The van der Waals surface area contributed by atoms with Crippen molar-refractivity contribution in [2.75, 3.05) is 0 Å². The summed E-state index contributed by atoms with van der Waals surface area (Å²) in [6.07, 6.45) is 2.56. The highest BCUT2D eigenvalue weighted by Gasteiger charge is 1.97. The lowest BCUT2D eigenvalue weighted by molar-refractivity contribution is 1.07. The first-order valence-electron chi connectivity index (χ1n) is 4.77. The van der Waals surface area contributed by atoms with E-state index in [2.05, 4.69) is 11.1 Å². The van der Waals surface area contributed by atoms with Crippen LogP contribution in [0, 0.1) is 11.3 Å². The predicted molar refractivity (Wildman–Crippen MR) is 58.2 cm³/mol. The summed E-state index contributed by atoms with van der Waals surface area (Å²) >= 11 is 0. The average Bonchev–Trinajstić information content (AvgIpc) is 2.31. The van der Waals surface area contributed by atoms with Crippen LogP contribution in [0.4, 0.5) is 0 Å². The third kappa shape index (κ3) is 2.41. The van der Waals surface area contributed by atoms with Gasteiger partial charge in [0.15, 0.2) is 0 Å². The first-order valence-corrected chi connectivity index (χ1v) is 4.77. The normalized spacial score (nSPS) is 9.53. The Morgan fingerprint density at radius 3 is 2.80 bits per heavy atom. The first-order chi connectivity index (χ1) is 7.38. The summed E-state index contributed by atoms with van der Waals surface area (Å²) in [4.78, 5) is 4.25. The van der Waals surface area contributed by atoms with Crippen molar-refractivity contribution in [3.05, 3.63) is 65.5 Å². The maximum atomic E-state index is 8.76. The third-order valence-electron chi connectivity index (χ3n) is 2.17. The third-order valence-corrected chi connectivity index (χ3v) is 2.17. The molecule has 0 spiro atoms. The quantitative estimate of drug-likeness (QED) is 0.736. The van der Waals surface area contributed by atoms with Gasteiger partial charge in [0.2, 0.25) is 0 Å². The fourth-order valence-electron chi connectivity index (χ4n) is 1.46. The van der Waals surface area contributed by atoms with E-state index in [-0.39, 0.29) is 0 Å². The molecule has 2 rings (SSSR count). The molecule has 2 nitrogen and oxygen atoms in total. The van der Waals surface area contributed by atoms with Crippen molar-refractivity contribution in [2.24, 2.45) is 0 Å². The fourth-order valence-corrected chi connectivity index (χ4v) is 1.46. The highest BCUT2D eigenvalue weighted by molar-refractivity contribution is 5.34. The molecule has 0 aliphatic heterocycles. The molecule has 0 aliphatic rings. The van der Waals surface area contributed by atoms with Crippen molar-refractivity contribution < 1.29 is 0 Å². The van der Waals surface area contributed by atoms with Gasteiger partial charge in [-0.25, -0.2) is 0 Å². The zero-order valence-corrected chi connectivity index (χ0v) is 8.22. The van der Waals surface area contributed by atoms with E-state index >= 15 is 0 Å². The van der Waals surface area contributed by atoms with Crippen molar-refractivity contribution in [1.82, 2.24) is 4.98 Å². The van der Waals surface area contributed by atoms with Gasteiger partial charge in [-0.1, -0.05) is 18.2 Å². The van der Waals surface area contributed by atoms with Gasteiger partial charge in [0, 0.05) is 18.3 Å². The van der Waals surface area contributed by atoms with Gasteiger partial charge in [-0.2, -0.15) is 5.26 Å². The maximum Gasteiger partial charge on any atom is 0.0991 e. The molecule has 0 atom stereocenters. The predicted octanol–water partition coefficient (Wildman–Crippen LogP) is 2.54. The minimum atomic E-state index is 0.698. The maximum absolute atomic E-state index is 8.76. The van der Waals surface area contributed by atoms with E-state index in [1.54, 1.807) is 6.20 Å². The summed E-state index contributed by atoms with van der Waals surface area (Å²) in [7, 11) is 0. The van der Waals surface area contributed by atoms with Gasteiger partial charge in [0.05, 0.1) is 11.6 Å². The van der Waals surface area contributed by atoms with Crippen molar-refractivity contribution in [3.8, 4) is 6.07 Å². The molecule has 1 heterocycles. The molecule has 0 saturated heterocycles. The van der Waals surface area contributed by atoms with Crippen LogP contribution in [0.3, 0.4) is 0 Å². The largest absolute Gasteiger partial charge is 0.261 e. The second-order valence-electron chi connectivity index (χ2n) is 3.31. The standard InChI is InChI=1S/C13H10N2/c14-10-12-5-3-4-11(8-12)9-13-6-1-2-7-15-13/h1-8H,9H2. The van der Waals surface area contributed by atoms with Crippen LogP contribution in [0.2, 0.25) is 0 Å². The molecule has 0 radical (unpaired) electrons. The number of hydrogen-bond donors (Lipinski definition) is 0. The molecule has 0 aliphatic carbocycles. The van der Waals surface area contributed by atoms with Crippen LogP contribution in [-0.4, -0.2) is 4.98 Å². The van der Waals surface area contributed by atoms with Crippen LogP contribution in [-0.2, 0) is 6.42 Å². The van der Waals surface area contributed by atoms with Gasteiger partial charge in [0.1, 0.15) is 0 Å². The smallest absolute Gasteiger partial charge is 0.0991 e. The van der Waals surface area contributed by atoms with E-state index < -0.39 is 0 Å². The molecule has 2 heteroatoms. The number of hydrogen-bond acceptors (Lipinski definition) is 2. The van der Waals surface area contributed by atoms with Gasteiger partial charge in [-0.05, 0) is 29.8 Å². The van der Waals surface area contributed by atoms with E-state index in [1.807, 2.05) is 42.5 Å². The number of rotatable bonds is 2. The molecule has 2 aromatic rings. The van der Waals surface area contributed by atoms with E-state index in [0.717, 1.165) is 17.7 Å². The Morgan fingerprint density at radius 2 is 2.07 bits per heavy atom. The molecule has 0 N–H and O–H groups in total. The Kier molecular flexibility index (Phi) is 2.75. The summed E-state index contributed by atoms with van der Waals surface area (Å²) < 4.78 is 0. The molecule has 0 bridgehead atoms. The fraction of sp³-hybridized carbons (Fsp3) is 0.0769. The summed E-state index contributed by atoms with van der Waals surface area (Å²) in [5, 5.41) is 8.76. The van der Waals surface area contributed by atoms with Gasteiger partial charge in [-0.3, -0.25) is 4.98 Å². The Bertz CT molecular complexity index is 483. The lowest BCUT2D eigenvalue weighted by atomic mass is 10.1. The second-order valence-corrected chi connectivity index (χ2v) is 3.31. The van der Waals surface area contributed by atoms with Gasteiger partial charge in [0.25, 0.3) is 0 Å². The minimum absolute atomic E-state index is 0.698. The van der Waals surface area contributed by atoms with Crippen LogP contribution >= 0.6 is 0 Å². The summed E-state index contributed by atoms with van der Waals surface area (Å²) in [5.74, 6) is 0. The SMILES string of the molecule is N#Cc1cccc(Cc2ccccn2)c1. The Balaban J connectivity index is 2.22. The van der Waals surface area contributed by atoms with E-state index in [1.165, 1.54) is 0 Å². The van der Waals surface area contributed by atoms with Crippen LogP contribution in [0.1, 0.15) is 16.8 Å². The topological polar surface area (TPSA) is 36.7 Å². The van der Waals surface area contributed by atoms with Crippen molar-refractivity contribution >= 4 is 0 Å². The number of nitrogens with zero attached hydrogens (tertiary/aromatic N) is 2. The molecular formula is C13H10N2. The molecule has 15 heavy (non-hydrogen) atoms. The van der Waals surface area contributed by atoms with Crippen molar-refractivity contribution in [3.63, 3.8) is 0 Å². The number of pyridine rings is 1. The Hall–Kier alpha value is -2.14. The highest BCUT2D eigenvalue weighted by Crippen LogP contribution is 2.08. The molecule has 72 valence electrons.